The van der Waals surface area contributed by atoms with Gasteiger partial charge in [0.2, 0.25) is 0 Å². The van der Waals surface area contributed by atoms with Crippen LogP contribution >= 0.6 is 27.7 Å². The molecule has 0 spiro atoms. The van der Waals surface area contributed by atoms with Crippen molar-refractivity contribution in [2.45, 2.75) is 22.8 Å². The number of nitrogens with one attached hydrogen (secondary N) is 1. The van der Waals surface area contributed by atoms with Crippen LogP contribution in [0.5, 0.6) is 11.5 Å². The van der Waals surface area contributed by atoms with Crippen molar-refractivity contribution in [1.82, 2.24) is 15.0 Å². The lowest BCUT2D eigenvalue weighted by Crippen LogP contribution is -2.04. The summed E-state index contributed by atoms with van der Waals surface area (Å²) >= 11 is 5.06. The van der Waals surface area contributed by atoms with Crippen LogP contribution in [-0.2, 0) is 0 Å². The summed E-state index contributed by atoms with van der Waals surface area (Å²) in [6, 6.07) is 25.0. The first-order chi connectivity index (χ1) is 17.0. The molecular weight excluding hydrogens is 524 g/mol. The number of phenolic OH excluding ortho intramolecular Hbond substituents is 1. The highest BCUT2D eigenvalue weighted by Crippen LogP contribution is 2.39. The monoisotopic (exact) mass is 544 g/mol. The van der Waals surface area contributed by atoms with E-state index in [1.54, 1.807) is 30.1 Å². The topological polar surface area (TPSA) is 80.2 Å². The second-order valence-electron chi connectivity index (χ2n) is 7.79. The summed E-state index contributed by atoms with van der Waals surface area (Å²) in [5, 5.41) is 13.9. The Labute approximate surface area is 215 Å². The minimum Gasteiger partial charge on any atom is -0.508 e. The van der Waals surface area contributed by atoms with Gasteiger partial charge in [0, 0.05) is 26.5 Å². The van der Waals surface area contributed by atoms with E-state index in [4.69, 9.17) is 4.74 Å². The molecular formula is C27H21BrN4O2S. The van der Waals surface area contributed by atoms with Gasteiger partial charge in [0.1, 0.15) is 29.7 Å². The first-order valence-electron chi connectivity index (χ1n) is 10.9. The number of nitrogens with zero attached hydrogens (tertiary/aromatic N) is 3. The fraction of sp³-hybridized carbons (Fsp3) is 0.0741. The summed E-state index contributed by atoms with van der Waals surface area (Å²) in [6.07, 6.45) is 3.08. The molecule has 0 saturated heterocycles. The SMILES string of the molecule is CC(Oc1ccc(Sc2ccc(O)cc2)c(Nc2ncnc3ncccc23)c1)c1ccc(Br)cc1. The standard InChI is InChI=1S/C27H21BrN4O2S/c1-17(18-4-6-19(28)7-5-18)34-21-10-13-25(35-22-11-8-20(33)9-12-22)24(15-21)32-27-23-3-2-14-29-26(23)30-16-31-27/h2-17,33H,1H3,(H,29,30,31,32). The average molecular weight is 545 g/mol. The Hall–Kier alpha value is -3.62. The molecule has 35 heavy (non-hydrogen) atoms. The van der Waals surface area contributed by atoms with E-state index in [1.165, 1.54) is 6.33 Å². The average Bonchev–Trinajstić information content (AvgIpc) is 2.87. The third kappa shape index (κ3) is 5.55. The predicted octanol–water partition coefficient (Wildman–Crippen LogP) is 7.53. The van der Waals surface area contributed by atoms with Crippen molar-refractivity contribution < 1.29 is 9.84 Å². The van der Waals surface area contributed by atoms with Gasteiger partial charge in [-0.05, 0) is 73.2 Å². The lowest BCUT2D eigenvalue weighted by atomic mass is 10.1. The van der Waals surface area contributed by atoms with Crippen molar-refractivity contribution in [3.8, 4) is 11.5 Å². The van der Waals surface area contributed by atoms with E-state index in [-0.39, 0.29) is 11.9 Å². The Morgan fingerprint density at radius 1 is 0.943 bits per heavy atom. The zero-order valence-electron chi connectivity index (χ0n) is 18.7. The van der Waals surface area contributed by atoms with Gasteiger partial charge in [-0.15, -0.1) is 0 Å². The van der Waals surface area contributed by atoms with Gasteiger partial charge in [0.25, 0.3) is 0 Å². The number of anilines is 2. The molecule has 0 radical (unpaired) electrons. The normalized spacial score (nSPS) is 11.8. The number of hydrogen-bond acceptors (Lipinski definition) is 7. The van der Waals surface area contributed by atoms with Gasteiger partial charge in [0.15, 0.2) is 5.65 Å². The fourth-order valence-electron chi connectivity index (χ4n) is 3.54. The maximum Gasteiger partial charge on any atom is 0.164 e. The summed E-state index contributed by atoms with van der Waals surface area (Å²) < 4.78 is 7.31. The van der Waals surface area contributed by atoms with Crippen molar-refractivity contribution in [2.75, 3.05) is 5.32 Å². The largest absolute Gasteiger partial charge is 0.508 e. The second-order valence-corrected chi connectivity index (χ2v) is 9.82. The molecule has 0 saturated carbocycles. The van der Waals surface area contributed by atoms with E-state index >= 15 is 0 Å². The van der Waals surface area contributed by atoms with E-state index in [0.29, 0.717) is 11.5 Å². The van der Waals surface area contributed by atoms with Crippen LogP contribution in [0.2, 0.25) is 0 Å². The number of rotatable bonds is 7. The number of hydrogen-bond donors (Lipinski definition) is 2. The molecule has 0 amide bonds. The van der Waals surface area contributed by atoms with Crippen LogP contribution in [0.4, 0.5) is 11.5 Å². The smallest absolute Gasteiger partial charge is 0.164 e. The molecule has 3 aromatic carbocycles. The Balaban J connectivity index is 1.49. The molecule has 2 heterocycles. The Morgan fingerprint density at radius 2 is 1.74 bits per heavy atom. The number of phenols is 1. The molecule has 5 aromatic rings. The number of fused-ring (bicyclic) bond motifs is 1. The van der Waals surface area contributed by atoms with Gasteiger partial charge in [-0.1, -0.05) is 39.8 Å². The minimum atomic E-state index is -0.129. The van der Waals surface area contributed by atoms with Crippen molar-refractivity contribution in [3.63, 3.8) is 0 Å². The van der Waals surface area contributed by atoms with Crippen LogP contribution in [0.25, 0.3) is 11.0 Å². The highest BCUT2D eigenvalue weighted by atomic mass is 79.9. The van der Waals surface area contributed by atoms with Crippen LogP contribution in [-0.4, -0.2) is 20.1 Å². The molecule has 0 aliphatic rings. The molecule has 1 atom stereocenters. The molecule has 2 N–H and O–H groups in total. The van der Waals surface area contributed by atoms with E-state index in [0.717, 1.165) is 36.7 Å². The second kappa shape index (κ2) is 10.3. The zero-order valence-corrected chi connectivity index (χ0v) is 21.1. The van der Waals surface area contributed by atoms with E-state index < -0.39 is 0 Å². The van der Waals surface area contributed by atoms with Gasteiger partial charge >= 0.3 is 0 Å². The number of ether oxygens (including phenoxy) is 1. The molecule has 0 fully saturated rings. The lowest BCUT2D eigenvalue weighted by Gasteiger charge is -2.18. The van der Waals surface area contributed by atoms with Crippen LogP contribution < -0.4 is 10.1 Å². The quantitative estimate of drug-likeness (QED) is 0.219. The first kappa shape index (κ1) is 23.1. The van der Waals surface area contributed by atoms with Crippen molar-refractivity contribution in [2.24, 2.45) is 0 Å². The van der Waals surface area contributed by atoms with Gasteiger partial charge < -0.3 is 15.2 Å². The Morgan fingerprint density at radius 3 is 2.54 bits per heavy atom. The Bertz CT molecular complexity index is 1460. The molecule has 0 bridgehead atoms. The molecule has 174 valence electrons. The van der Waals surface area contributed by atoms with E-state index in [9.17, 15) is 5.11 Å². The molecule has 0 aliphatic carbocycles. The summed E-state index contributed by atoms with van der Waals surface area (Å²) in [6.45, 7) is 2.03. The lowest BCUT2D eigenvalue weighted by molar-refractivity contribution is 0.227. The Kier molecular flexibility index (Phi) is 6.83. The van der Waals surface area contributed by atoms with Crippen LogP contribution in [0.3, 0.4) is 0 Å². The third-order valence-corrected chi connectivity index (χ3v) is 6.94. The fourth-order valence-corrected chi connectivity index (χ4v) is 4.69. The number of aromatic hydroxyl groups is 1. The zero-order chi connectivity index (χ0) is 24.2. The summed E-state index contributed by atoms with van der Waals surface area (Å²) in [4.78, 5) is 15.0. The summed E-state index contributed by atoms with van der Waals surface area (Å²) in [7, 11) is 0. The minimum absolute atomic E-state index is 0.129. The molecule has 0 aliphatic heterocycles. The van der Waals surface area contributed by atoms with Crippen LogP contribution in [0.15, 0.2) is 106 Å². The van der Waals surface area contributed by atoms with Crippen molar-refractivity contribution >= 4 is 50.2 Å². The van der Waals surface area contributed by atoms with Crippen LogP contribution in [0.1, 0.15) is 18.6 Å². The van der Waals surface area contributed by atoms with Gasteiger partial charge in [-0.25, -0.2) is 15.0 Å². The molecule has 6 nitrogen and oxygen atoms in total. The number of pyridine rings is 1. The highest BCUT2D eigenvalue weighted by Gasteiger charge is 2.13. The molecule has 2 aromatic heterocycles. The molecule has 1 unspecified atom stereocenters. The van der Waals surface area contributed by atoms with Gasteiger partial charge in [-0.3, -0.25) is 0 Å². The van der Waals surface area contributed by atoms with E-state index in [2.05, 4.69) is 36.2 Å². The maximum absolute atomic E-state index is 9.64. The first-order valence-corrected chi connectivity index (χ1v) is 12.5. The predicted molar refractivity (Wildman–Crippen MR) is 142 cm³/mol. The third-order valence-electron chi connectivity index (χ3n) is 5.33. The number of benzene rings is 3. The highest BCUT2D eigenvalue weighted by molar-refractivity contribution is 9.10. The van der Waals surface area contributed by atoms with Crippen LogP contribution in [0, 0.1) is 0 Å². The molecule has 8 heteroatoms. The van der Waals surface area contributed by atoms with Gasteiger partial charge in [0.05, 0.1) is 11.1 Å². The summed E-state index contributed by atoms with van der Waals surface area (Å²) in [5.41, 5.74) is 2.54. The van der Waals surface area contributed by atoms with E-state index in [1.807, 2.05) is 73.7 Å². The maximum atomic E-state index is 9.64. The number of aromatic nitrogens is 3. The van der Waals surface area contributed by atoms with Crippen molar-refractivity contribution in [1.29, 1.82) is 0 Å². The van der Waals surface area contributed by atoms with Crippen molar-refractivity contribution in [3.05, 3.63) is 101 Å². The number of halogens is 1. The summed E-state index contributed by atoms with van der Waals surface area (Å²) in [5.74, 6) is 1.63. The van der Waals surface area contributed by atoms with Gasteiger partial charge in [-0.2, -0.15) is 0 Å². The molecule has 5 rings (SSSR count).